The fourth-order valence-electron chi connectivity index (χ4n) is 3.23. The maximum atomic E-state index is 12.0. The molecule has 0 bridgehead atoms. The van der Waals surface area contributed by atoms with E-state index in [0.717, 1.165) is 44.7 Å². The molecule has 1 heterocycles. The van der Waals surface area contributed by atoms with Crippen LogP contribution in [0.3, 0.4) is 0 Å². The van der Waals surface area contributed by atoms with Crippen molar-refractivity contribution in [3.8, 4) is 0 Å². The Morgan fingerprint density at radius 2 is 1.46 bits per heavy atom. The Labute approximate surface area is 148 Å². The van der Waals surface area contributed by atoms with Crippen molar-refractivity contribution >= 4 is 11.8 Å². The summed E-state index contributed by atoms with van der Waals surface area (Å²) in [6, 6.07) is 0. The molecular weight excluding hydrogens is 300 g/mol. The Morgan fingerprint density at radius 3 is 2.04 bits per heavy atom. The van der Waals surface area contributed by atoms with Gasteiger partial charge in [-0.25, -0.2) is 0 Å². The Balaban J connectivity index is 1.93. The van der Waals surface area contributed by atoms with Gasteiger partial charge in [0.15, 0.2) is 0 Å². The summed E-state index contributed by atoms with van der Waals surface area (Å²) < 4.78 is 0. The maximum Gasteiger partial charge on any atom is 0.241 e. The minimum atomic E-state index is 0.0247. The van der Waals surface area contributed by atoms with E-state index >= 15 is 0 Å². The predicted octanol–water partition coefficient (Wildman–Crippen LogP) is 4.28. The molecule has 1 rings (SSSR count). The Bertz CT molecular complexity index is 350. The molecule has 0 aromatic rings. The molecule has 0 aromatic carbocycles. The van der Waals surface area contributed by atoms with Crippen molar-refractivity contribution in [3.05, 3.63) is 0 Å². The average molecular weight is 339 g/mol. The first-order valence-electron chi connectivity index (χ1n) is 10.2. The summed E-state index contributed by atoms with van der Waals surface area (Å²) in [5.74, 6) is 0.814. The lowest BCUT2D eigenvalue weighted by Crippen LogP contribution is -2.43. The number of hydrogen-bond acceptors (Lipinski definition) is 2. The first-order chi connectivity index (χ1) is 11.6. The lowest BCUT2D eigenvalue weighted by atomic mass is 9.99. The zero-order chi connectivity index (χ0) is 17.6. The van der Waals surface area contributed by atoms with E-state index in [9.17, 15) is 9.59 Å². The fourth-order valence-corrected chi connectivity index (χ4v) is 3.23. The highest BCUT2D eigenvalue weighted by molar-refractivity contribution is 5.84. The first kappa shape index (κ1) is 21.0. The van der Waals surface area contributed by atoms with Gasteiger partial charge in [-0.2, -0.15) is 0 Å². The maximum absolute atomic E-state index is 12.0. The molecule has 1 fully saturated rings. The van der Waals surface area contributed by atoms with Gasteiger partial charge in [0.05, 0.1) is 6.54 Å². The third kappa shape index (κ3) is 9.94. The highest BCUT2D eigenvalue weighted by Gasteiger charge is 2.20. The van der Waals surface area contributed by atoms with Gasteiger partial charge in [0, 0.05) is 19.5 Å². The van der Waals surface area contributed by atoms with Gasteiger partial charge in [-0.3, -0.25) is 9.59 Å². The van der Waals surface area contributed by atoms with E-state index in [1.807, 2.05) is 4.90 Å². The monoisotopic (exact) mass is 338 g/mol. The van der Waals surface area contributed by atoms with E-state index in [0.29, 0.717) is 6.42 Å². The van der Waals surface area contributed by atoms with Crippen LogP contribution in [0.2, 0.25) is 0 Å². The topological polar surface area (TPSA) is 49.4 Å². The summed E-state index contributed by atoms with van der Waals surface area (Å²) in [6.07, 6.45) is 14.0. The summed E-state index contributed by atoms with van der Waals surface area (Å²) in [4.78, 5) is 25.7. The van der Waals surface area contributed by atoms with Crippen molar-refractivity contribution in [3.63, 3.8) is 0 Å². The van der Waals surface area contributed by atoms with Crippen LogP contribution < -0.4 is 5.32 Å². The third-order valence-electron chi connectivity index (χ3n) is 5.08. The van der Waals surface area contributed by atoms with Crippen molar-refractivity contribution in [1.82, 2.24) is 10.2 Å². The zero-order valence-electron chi connectivity index (χ0n) is 15.9. The molecule has 4 nitrogen and oxygen atoms in total. The van der Waals surface area contributed by atoms with E-state index < -0.39 is 0 Å². The Hall–Kier alpha value is -1.06. The van der Waals surface area contributed by atoms with E-state index in [4.69, 9.17) is 0 Å². The standard InChI is InChI=1S/C20H38N2O2/c1-3-4-5-6-7-8-9-10-11-12-19(23)21-17-20(24)22-15-13-18(2)14-16-22/h18H,3-17H2,1-2H3,(H,21,23). The number of amides is 2. The Kier molecular flexibility index (Phi) is 11.6. The number of piperidine rings is 1. The number of hydrogen-bond donors (Lipinski definition) is 1. The summed E-state index contributed by atoms with van der Waals surface area (Å²) in [7, 11) is 0. The number of likely N-dealkylation sites (tertiary alicyclic amines) is 1. The van der Waals surface area contributed by atoms with Crippen molar-refractivity contribution in [2.75, 3.05) is 19.6 Å². The van der Waals surface area contributed by atoms with Gasteiger partial charge in [0.25, 0.3) is 0 Å². The van der Waals surface area contributed by atoms with Crippen LogP contribution in [-0.2, 0) is 9.59 Å². The normalized spacial score (nSPS) is 15.5. The number of carbonyl (C=O) groups is 2. The fraction of sp³-hybridized carbons (Fsp3) is 0.900. The quantitative estimate of drug-likeness (QED) is 0.540. The molecule has 4 heteroatoms. The number of unbranched alkanes of at least 4 members (excludes halogenated alkanes) is 8. The average Bonchev–Trinajstić information content (AvgIpc) is 2.59. The molecule has 0 unspecified atom stereocenters. The van der Waals surface area contributed by atoms with Gasteiger partial charge >= 0.3 is 0 Å². The lowest BCUT2D eigenvalue weighted by Gasteiger charge is -2.30. The molecule has 2 amide bonds. The minimum absolute atomic E-state index is 0.0247. The summed E-state index contributed by atoms with van der Waals surface area (Å²) in [6.45, 7) is 6.33. The van der Waals surface area contributed by atoms with Crippen LogP contribution in [0.5, 0.6) is 0 Å². The summed E-state index contributed by atoms with van der Waals surface area (Å²) >= 11 is 0. The Morgan fingerprint density at radius 1 is 0.917 bits per heavy atom. The highest BCUT2D eigenvalue weighted by Crippen LogP contribution is 2.15. The van der Waals surface area contributed by atoms with E-state index in [-0.39, 0.29) is 18.4 Å². The molecule has 1 aliphatic heterocycles. The molecule has 1 N–H and O–H groups in total. The van der Waals surface area contributed by atoms with Crippen LogP contribution in [0.15, 0.2) is 0 Å². The molecule has 0 spiro atoms. The van der Waals surface area contributed by atoms with Gasteiger partial charge in [-0.05, 0) is 25.2 Å². The van der Waals surface area contributed by atoms with E-state index in [1.165, 1.54) is 44.9 Å². The largest absolute Gasteiger partial charge is 0.347 e. The smallest absolute Gasteiger partial charge is 0.241 e. The molecular formula is C20H38N2O2. The van der Waals surface area contributed by atoms with Crippen LogP contribution in [0, 0.1) is 5.92 Å². The van der Waals surface area contributed by atoms with Crippen LogP contribution in [0.25, 0.3) is 0 Å². The summed E-state index contributed by atoms with van der Waals surface area (Å²) in [5.41, 5.74) is 0. The van der Waals surface area contributed by atoms with Gasteiger partial charge in [-0.15, -0.1) is 0 Å². The van der Waals surface area contributed by atoms with E-state index in [1.54, 1.807) is 0 Å². The molecule has 0 atom stereocenters. The van der Waals surface area contributed by atoms with Crippen LogP contribution in [0.4, 0.5) is 0 Å². The first-order valence-corrected chi connectivity index (χ1v) is 10.2. The van der Waals surface area contributed by atoms with Crippen molar-refractivity contribution in [2.24, 2.45) is 5.92 Å². The molecule has 0 aliphatic carbocycles. The lowest BCUT2D eigenvalue weighted by molar-refractivity contribution is -0.134. The number of rotatable bonds is 12. The molecule has 1 saturated heterocycles. The highest BCUT2D eigenvalue weighted by atomic mass is 16.2. The molecule has 0 saturated carbocycles. The van der Waals surface area contributed by atoms with Crippen molar-refractivity contribution in [2.45, 2.75) is 90.9 Å². The number of nitrogens with one attached hydrogen (secondary N) is 1. The van der Waals surface area contributed by atoms with Gasteiger partial charge < -0.3 is 10.2 Å². The van der Waals surface area contributed by atoms with E-state index in [2.05, 4.69) is 19.2 Å². The predicted molar refractivity (Wildman–Crippen MR) is 99.8 cm³/mol. The summed E-state index contributed by atoms with van der Waals surface area (Å²) in [5, 5.41) is 2.79. The van der Waals surface area contributed by atoms with Gasteiger partial charge in [0.1, 0.15) is 0 Å². The number of nitrogens with zero attached hydrogens (tertiary/aromatic N) is 1. The second kappa shape index (κ2) is 13.3. The molecule has 1 aliphatic rings. The van der Waals surface area contributed by atoms with Crippen LogP contribution in [-0.4, -0.2) is 36.3 Å². The SMILES string of the molecule is CCCCCCCCCCCC(=O)NCC(=O)N1CCC(C)CC1. The molecule has 0 aromatic heterocycles. The second-order valence-electron chi connectivity index (χ2n) is 7.42. The number of carbonyl (C=O) groups excluding carboxylic acids is 2. The molecule has 140 valence electrons. The van der Waals surface area contributed by atoms with Crippen LogP contribution >= 0.6 is 0 Å². The molecule has 0 radical (unpaired) electrons. The van der Waals surface area contributed by atoms with Crippen LogP contribution in [0.1, 0.15) is 90.9 Å². The second-order valence-corrected chi connectivity index (χ2v) is 7.42. The molecule has 24 heavy (non-hydrogen) atoms. The van der Waals surface area contributed by atoms with Crippen molar-refractivity contribution in [1.29, 1.82) is 0 Å². The van der Waals surface area contributed by atoms with Gasteiger partial charge in [-0.1, -0.05) is 65.2 Å². The zero-order valence-corrected chi connectivity index (χ0v) is 15.9. The third-order valence-corrected chi connectivity index (χ3v) is 5.08. The van der Waals surface area contributed by atoms with Crippen molar-refractivity contribution < 1.29 is 9.59 Å². The minimum Gasteiger partial charge on any atom is -0.347 e. The van der Waals surface area contributed by atoms with Gasteiger partial charge in [0.2, 0.25) is 11.8 Å².